The number of benzene rings is 1. The number of hydrogen-bond acceptors (Lipinski definition) is 7. The molecule has 3 aromatic rings. The molecule has 1 amide bonds. The number of nitrogens with one attached hydrogen (secondary N) is 2. The van der Waals surface area contributed by atoms with Crippen LogP contribution in [0.2, 0.25) is 0 Å². The van der Waals surface area contributed by atoms with Crippen molar-refractivity contribution in [2.45, 2.75) is 28.8 Å². The molecule has 1 aliphatic rings. The molecule has 1 aliphatic heterocycles. The van der Waals surface area contributed by atoms with Gasteiger partial charge in [-0.15, -0.1) is 10.2 Å². The van der Waals surface area contributed by atoms with E-state index in [-0.39, 0.29) is 11.9 Å². The average molecular weight is 494 g/mol. The van der Waals surface area contributed by atoms with Crippen molar-refractivity contribution in [1.29, 1.82) is 0 Å². The van der Waals surface area contributed by atoms with Crippen molar-refractivity contribution in [2.24, 2.45) is 7.05 Å². The predicted molar refractivity (Wildman–Crippen MR) is 117 cm³/mol. The Balaban J connectivity index is 0.000000406. The maximum absolute atomic E-state index is 12.2. The van der Waals surface area contributed by atoms with E-state index in [1.165, 1.54) is 11.8 Å². The van der Waals surface area contributed by atoms with E-state index in [9.17, 15) is 18.0 Å². The smallest absolute Gasteiger partial charge is 0.475 e. The first-order valence-corrected chi connectivity index (χ1v) is 10.9. The Labute approximate surface area is 196 Å². The minimum absolute atomic E-state index is 0.164. The van der Waals surface area contributed by atoms with Gasteiger partial charge in [-0.05, 0) is 42.4 Å². The number of carboxylic acids is 1. The van der Waals surface area contributed by atoms with Crippen LogP contribution in [-0.2, 0) is 11.8 Å². The van der Waals surface area contributed by atoms with E-state index in [0.29, 0.717) is 10.7 Å². The fraction of sp³-hybridized carbons (Fsp3) is 0.286. The summed E-state index contributed by atoms with van der Waals surface area (Å²) in [6.07, 6.45) is -2.29. The number of nitrogens with zero attached hydrogens (tertiary/aromatic N) is 4. The number of carbonyl (C=O) groups excluding carboxylic acids is 1. The summed E-state index contributed by atoms with van der Waals surface area (Å²) in [4.78, 5) is 25.6. The lowest BCUT2D eigenvalue weighted by molar-refractivity contribution is -0.192. The molecule has 0 radical (unpaired) electrons. The van der Waals surface area contributed by atoms with Gasteiger partial charge >= 0.3 is 12.1 Å². The van der Waals surface area contributed by atoms with Crippen LogP contribution in [0.25, 0.3) is 11.3 Å². The van der Waals surface area contributed by atoms with Crippen molar-refractivity contribution >= 4 is 23.6 Å². The van der Waals surface area contributed by atoms with Crippen LogP contribution in [0.3, 0.4) is 0 Å². The van der Waals surface area contributed by atoms with Gasteiger partial charge in [-0.1, -0.05) is 30.3 Å². The van der Waals surface area contributed by atoms with Crippen molar-refractivity contribution in [3.8, 4) is 11.3 Å². The monoisotopic (exact) mass is 494 g/mol. The lowest BCUT2D eigenvalue weighted by atomic mass is 10.2. The summed E-state index contributed by atoms with van der Waals surface area (Å²) < 4.78 is 33.8. The van der Waals surface area contributed by atoms with Gasteiger partial charge in [0.05, 0.1) is 11.9 Å². The number of carboxylic acid groups (broad SMARTS) is 1. The molecule has 1 aromatic carbocycles. The van der Waals surface area contributed by atoms with Gasteiger partial charge in [0.1, 0.15) is 5.03 Å². The number of halogens is 3. The zero-order valence-corrected chi connectivity index (χ0v) is 18.7. The van der Waals surface area contributed by atoms with Crippen molar-refractivity contribution in [3.05, 3.63) is 54.4 Å². The van der Waals surface area contributed by atoms with Gasteiger partial charge < -0.3 is 20.3 Å². The molecule has 34 heavy (non-hydrogen) atoms. The minimum Gasteiger partial charge on any atom is -0.475 e. The van der Waals surface area contributed by atoms with Crippen LogP contribution in [0.4, 0.5) is 13.2 Å². The first kappa shape index (κ1) is 25.2. The van der Waals surface area contributed by atoms with Gasteiger partial charge in [-0.25, -0.2) is 9.78 Å². The van der Waals surface area contributed by atoms with Crippen LogP contribution < -0.4 is 10.6 Å². The highest BCUT2D eigenvalue weighted by Crippen LogP contribution is 2.28. The van der Waals surface area contributed by atoms with Crippen molar-refractivity contribution in [2.75, 3.05) is 13.1 Å². The Hall–Kier alpha value is -3.45. The fourth-order valence-electron chi connectivity index (χ4n) is 2.99. The second-order valence-electron chi connectivity index (χ2n) is 7.18. The number of carbonyl (C=O) groups is 2. The van der Waals surface area contributed by atoms with E-state index in [4.69, 9.17) is 9.90 Å². The largest absolute Gasteiger partial charge is 0.490 e. The predicted octanol–water partition coefficient (Wildman–Crippen LogP) is 2.75. The number of imidazole rings is 1. The second kappa shape index (κ2) is 11.1. The zero-order valence-electron chi connectivity index (χ0n) is 17.9. The summed E-state index contributed by atoms with van der Waals surface area (Å²) in [5, 5.41) is 23.1. The van der Waals surface area contributed by atoms with Gasteiger partial charge in [-0.3, -0.25) is 4.79 Å². The van der Waals surface area contributed by atoms with Crippen LogP contribution in [-0.4, -0.2) is 62.0 Å². The highest BCUT2D eigenvalue weighted by molar-refractivity contribution is 7.99. The molecule has 4 rings (SSSR count). The number of alkyl halides is 3. The van der Waals surface area contributed by atoms with Crippen LogP contribution in [0, 0.1) is 0 Å². The second-order valence-corrected chi connectivity index (χ2v) is 8.16. The van der Waals surface area contributed by atoms with Crippen LogP contribution in [0.5, 0.6) is 0 Å². The summed E-state index contributed by atoms with van der Waals surface area (Å²) in [5.74, 6) is -2.94. The molecule has 3 N–H and O–H groups in total. The fourth-order valence-corrected chi connectivity index (χ4v) is 3.74. The molecule has 13 heteroatoms. The minimum atomic E-state index is -5.08. The molecule has 0 aliphatic carbocycles. The molecule has 1 atom stereocenters. The molecular weight excluding hydrogens is 473 g/mol. The first-order valence-electron chi connectivity index (χ1n) is 10.1. The summed E-state index contributed by atoms with van der Waals surface area (Å²) in [7, 11) is 1.97. The van der Waals surface area contributed by atoms with E-state index >= 15 is 0 Å². The van der Waals surface area contributed by atoms with Gasteiger partial charge in [-0.2, -0.15) is 13.2 Å². The molecule has 0 saturated carbocycles. The Morgan fingerprint density at radius 1 is 1.18 bits per heavy atom. The van der Waals surface area contributed by atoms with Crippen molar-refractivity contribution in [1.82, 2.24) is 30.4 Å². The summed E-state index contributed by atoms with van der Waals surface area (Å²) in [5.41, 5.74) is 2.47. The third kappa shape index (κ3) is 6.78. The first-order chi connectivity index (χ1) is 16.1. The topological polar surface area (TPSA) is 122 Å². The summed E-state index contributed by atoms with van der Waals surface area (Å²) >= 11 is 1.42. The van der Waals surface area contributed by atoms with E-state index in [0.717, 1.165) is 35.9 Å². The Morgan fingerprint density at radius 3 is 2.44 bits per heavy atom. The molecular formula is C21H21F3N6O3S. The molecule has 1 fully saturated rings. The van der Waals surface area contributed by atoms with Gasteiger partial charge in [0.2, 0.25) is 0 Å². The number of aliphatic carboxylic acids is 1. The van der Waals surface area contributed by atoms with Gasteiger partial charge in [0.25, 0.3) is 5.91 Å². The van der Waals surface area contributed by atoms with E-state index in [1.807, 2.05) is 36.0 Å². The van der Waals surface area contributed by atoms with Gasteiger partial charge in [0, 0.05) is 19.6 Å². The number of hydrogen-bond donors (Lipinski definition) is 3. The molecule has 1 saturated heterocycles. The molecule has 3 heterocycles. The van der Waals surface area contributed by atoms with E-state index in [2.05, 4.69) is 37.9 Å². The van der Waals surface area contributed by atoms with E-state index < -0.39 is 12.1 Å². The number of aromatic nitrogens is 4. The molecule has 0 bridgehead atoms. The molecule has 2 aromatic heterocycles. The quantitative estimate of drug-likeness (QED) is 0.495. The molecule has 9 nitrogen and oxygen atoms in total. The third-order valence-electron chi connectivity index (χ3n) is 4.72. The number of rotatable bonds is 5. The lowest BCUT2D eigenvalue weighted by Crippen LogP contribution is -2.36. The van der Waals surface area contributed by atoms with E-state index in [1.54, 1.807) is 12.1 Å². The Kier molecular flexibility index (Phi) is 8.23. The SMILES string of the molecule is Cn1c(-c2ccccc2)cnc1Sc1ccc(C(=O)NC2CCNC2)nn1.O=C(O)C(F)(F)F. The maximum atomic E-state index is 12.2. The lowest BCUT2D eigenvalue weighted by Gasteiger charge is -2.10. The van der Waals surface area contributed by atoms with Crippen LogP contribution >= 0.6 is 11.8 Å². The summed E-state index contributed by atoms with van der Waals surface area (Å²) in [6.45, 7) is 1.73. The Morgan fingerprint density at radius 2 is 1.88 bits per heavy atom. The summed E-state index contributed by atoms with van der Waals surface area (Å²) in [6, 6.07) is 13.8. The van der Waals surface area contributed by atoms with Gasteiger partial charge in [0.15, 0.2) is 10.9 Å². The highest BCUT2D eigenvalue weighted by Gasteiger charge is 2.38. The molecule has 0 spiro atoms. The average Bonchev–Trinajstić information content (AvgIpc) is 3.45. The van der Waals surface area contributed by atoms with Crippen LogP contribution in [0.1, 0.15) is 16.9 Å². The molecule has 1 unspecified atom stereocenters. The van der Waals surface area contributed by atoms with Crippen molar-refractivity contribution in [3.63, 3.8) is 0 Å². The third-order valence-corrected chi connectivity index (χ3v) is 5.71. The normalized spacial score (nSPS) is 15.4. The zero-order chi connectivity index (χ0) is 24.7. The van der Waals surface area contributed by atoms with Crippen molar-refractivity contribution < 1.29 is 27.9 Å². The maximum Gasteiger partial charge on any atom is 0.490 e. The standard InChI is InChI=1S/C19H20N6OS.C2HF3O2/c1-25-16(13-5-3-2-4-6-13)12-21-19(25)27-17-8-7-15(23-24-17)18(26)22-14-9-10-20-11-14;3-2(4,5)1(6)7/h2-8,12,14,20H,9-11H2,1H3,(H,22,26);(H,6,7). The number of amides is 1. The molecule has 180 valence electrons. The highest BCUT2D eigenvalue weighted by atomic mass is 32.2. The van der Waals surface area contributed by atoms with Crippen LogP contribution in [0.15, 0.2) is 58.8 Å². The Bertz CT molecular complexity index is 1120.